The van der Waals surface area contributed by atoms with Crippen LogP contribution in [0.4, 0.5) is 0 Å². The Labute approximate surface area is 171 Å². The number of fused-ring (bicyclic) bond motifs is 1. The van der Waals surface area contributed by atoms with Crippen LogP contribution in [0.1, 0.15) is 33.6 Å². The summed E-state index contributed by atoms with van der Waals surface area (Å²) in [5, 5.41) is 9.74. The molecule has 29 heavy (non-hydrogen) atoms. The smallest absolute Gasteiger partial charge is 0.308 e. The maximum Gasteiger partial charge on any atom is 0.308 e. The number of carbonyl (C=O) groups is 2. The second-order valence-electron chi connectivity index (χ2n) is 7.33. The Balaban J connectivity index is 1.67. The van der Waals surface area contributed by atoms with Gasteiger partial charge in [0.15, 0.2) is 0 Å². The van der Waals surface area contributed by atoms with Crippen LogP contribution in [0, 0.1) is 12.8 Å². The standard InChI is InChI=1S/C21H21N3O4S/c1-13-16-18(22-12-24(19(16)25)10-14-6-3-2-4-7-14)29-17(13)20(26)23-9-5-8-15(11-23)21(27)28/h2-4,6-7,12,15H,5,8-11H2,1H3,(H,27,28). The number of rotatable bonds is 4. The third kappa shape index (κ3) is 3.67. The van der Waals surface area contributed by atoms with Crippen LogP contribution in [0.15, 0.2) is 41.5 Å². The van der Waals surface area contributed by atoms with Gasteiger partial charge in [0.2, 0.25) is 0 Å². The van der Waals surface area contributed by atoms with Gasteiger partial charge in [-0.3, -0.25) is 19.0 Å². The predicted molar refractivity (Wildman–Crippen MR) is 110 cm³/mol. The maximum atomic E-state index is 13.1. The Morgan fingerprint density at radius 1 is 1.28 bits per heavy atom. The number of nitrogens with zero attached hydrogens (tertiary/aromatic N) is 3. The summed E-state index contributed by atoms with van der Waals surface area (Å²) in [4.78, 5) is 44.4. The van der Waals surface area contributed by atoms with Crippen LogP contribution >= 0.6 is 11.3 Å². The summed E-state index contributed by atoms with van der Waals surface area (Å²) in [6, 6.07) is 9.65. The SMILES string of the molecule is Cc1c(C(=O)N2CCCC(C(=O)O)C2)sc2ncn(Cc3ccccc3)c(=O)c12. The number of hydrogen-bond donors (Lipinski definition) is 1. The Hall–Kier alpha value is -3.00. The van der Waals surface area contributed by atoms with Gasteiger partial charge in [0.1, 0.15) is 4.83 Å². The minimum atomic E-state index is -0.874. The largest absolute Gasteiger partial charge is 0.481 e. The number of carboxylic acid groups (broad SMARTS) is 1. The van der Waals surface area contributed by atoms with Gasteiger partial charge in [-0.05, 0) is 30.9 Å². The van der Waals surface area contributed by atoms with Crippen molar-refractivity contribution in [1.82, 2.24) is 14.5 Å². The molecule has 7 nitrogen and oxygen atoms in total. The summed E-state index contributed by atoms with van der Waals surface area (Å²) in [6.07, 6.45) is 2.76. The van der Waals surface area contributed by atoms with Crippen molar-refractivity contribution in [3.8, 4) is 0 Å². The lowest BCUT2D eigenvalue weighted by atomic mass is 9.98. The average molecular weight is 411 g/mol. The monoisotopic (exact) mass is 411 g/mol. The van der Waals surface area contributed by atoms with Crippen LogP contribution in [0.3, 0.4) is 0 Å². The molecule has 1 aromatic carbocycles. The second-order valence-corrected chi connectivity index (χ2v) is 8.33. The van der Waals surface area contributed by atoms with Crippen molar-refractivity contribution in [2.45, 2.75) is 26.3 Å². The number of carboxylic acids is 1. The molecule has 1 atom stereocenters. The van der Waals surface area contributed by atoms with Crippen molar-refractivity contribution < 1.29 is 14.7 Å². The van der Waals surface area contributed by atoms with Gasteiger partial charge < -0.3 is 10.0 Å². The molecule has 1 N–H and O–H groups in total. The quantitative estimate of drug-likeness (QED) is 0.713. The van der Waals surface area contributed by atoms with Crippen molar-refractivity contribution in [2.24, 2.45) is 5.92 Å². The van der Waals surface area contributed by atoms with E-state index in [4.69, 9.17) is 0 Å². The molecule has 0 saturated carbocycles. The Morgan fingerprint density at radius 2 is 2.03 bits per heavy atom. The number of carbonyl (C=O) groups excluding carboxylic acids is 1. The van der Waals surface area contributed by atoms with Crippen molar-refractivity contribution >= 4 is 33.4 Å². The molecule has 0 bridgehead atoms. The highest BCUT2D eigenvalue weighted by Gasteiger charge is 2.31. The summed E-state index contributed by atoms with van der Waals surface area (Å²) >= 11 is 1.20. The lowest BCUT2D eigenvalue weighted by Gasteiger charge is -2.30. The van der Waals surface area contributed by atoms with Gasteiger partial charge in [-0.1, -0.05) is 30.3 Å². The number of benzene rings is 1. The van der Waals surface area contributed by atoms with E-state index in [1.54, 1.807) is 16.4 Å². The highest BCUT2D eigenvalue weighted by Crippen LogP contribution is 2.29. The van der Waals surface area contributed by atoms with Gasteiger partial charge in [-0.2, -0.15) is 0 Å². The van der Waals surface area contributed by atoms with Gasteiger partial charge in [0.25, 0.3) is 11.5 Å². The van der Waals surface area contributed by atoms with E-state index in [0.717, 1.165) is 5.56 Å². The first kappa shape index (κ1) is 19.3. The second kappa shape index (κ2) is 7.79. The summed E-state index contributed by atoms with van der Waals surface area (Å²) < 4.78 is 1.55. The van der Waals surface area contributed by atoms with E-state index < -0.39 is 11.9 Å². The van der Waals surface area contributed by atoms with Crippen molar-refractivity contribution in [1.29, 1.82) is 0 Å². The van der Waals surface area contributed by atoms with E-state index in [0.29, 0.717) is 46.6 Å². The molecule has 4 rings (SSSR count). The Bertz CT molecular complexity index is 1140. The van der Waals surface area contributed by atoms with Gasteiger partial charge >= 0.3 is 5.97 Å². The lowest BCUT2D eigenvalue weighted by Crippen LogP contribution is -2.42. The maximum absolute atomic E-state index is 13.1. The summed E-state index contributed by atoms with van der Waals surface area (Å²) in [5.74, 6) is -1.63. The van der Waals surface area contributed by atoms with Crippen LogP contribution in [0.25, 0.3) is 10.2 Å². The van der Waals surface area contributed by atoms with Crippen molar-refractivity contribution in [3.05, 3.63) is 63.0 Å². The first-order valence-electron chi connectivity index (χ1n) is 9.50. The molecule has 1 fully saturated rings. The average Bonchev–Trinajstić information content (AvgIpc) is 3.07. The Kier molecular flexibility index (Phi) is 5.19. The number of thiophene rings is 1. The molecule has 0 radical (unpaired) electrons. The highest BCUT2D eigenvalue weighted by molar-refractivity contribution is 7.20. The number of aryl methyl sites for hydroxylation is 1. The summed E-state index contributed by atoms with van der Waals surface area (Å²) in [7, 11) is 0. The molecule has 1 aliphatic heterocycles. The molecule has 1 saturated heterocycles. The van der Waals surface area contributed by atoms with Gasteiger partial charge in [-0.25, -0.2) is 4.98 Å². The van der Waals surface area contributed by atoms with E-state index in [-0.39, 0.29) is 18.0 Å². The zero-order valence-electron chi connectivity index (χ0n) is 16.0. The van der Waals surface area contributed by atoms with E-state index in [1.807, 2.05) is 30.3 Å². The van der Waals surface area contributed by atoms with Crippen LogP contribution in [0.2, 0.25) is 0 Å². The topological polar surface area (TPSA) is 92.5 Å². The predicted octanol–water partition coefficient (Wildman–Crippen LogP) is 2.75. The van der Waals surface area contributed by atoms with Gasteiger partial charge in [0, 0.05) is 13.1 Å². The molecule has 1 amide bonds. The zero-order chi connectivity index (χ0) is 20.5. The molecule has 150 valence electrons. The first-order valence-corrected chi connectivity index (χ1v) is 10.3. The number of likely N-dealkylation sites (tertiary alicyclic amines) is 1. The van der Waals surface area contributed by atoms with Crippen molar-refractivity contribution in [2.75, 3.05) is 13.1 Å². The fourth-order valence-corrected chi connectivity index (χ4v) is 4.87. The molecule has 3 heterocycles. The fraction of sp³-hybridized carbons (Fsp3) is 0.333. The van der Waals surface area contributed by atoms with E-state index in [2.05, 4.69) is 4.98 Å². The minimum Gasteiger partial charge on any atom is -0.481 e. The minimum absolute atomic E-state index is 0.172. The van der Waals surface area contributed by atoms with E-state index in [9.17, 15) is 19.5 Å². The molecule has 1 unspecified atom stereocenters. The number of aromatic nitrogens is 2. The molecule has 1 aliphatic rings. The summed E-state index contributed by atoms with van der Waals surface area (Å²) in [5.41, 5.74) is 1.44. The first-order chi connectivity index (χ1) is 14.0. The molecule has 0 aliphatic carbocycles. The van der Waals surface area contributed by atoms with E-state index in [1.165, 1.54) is 17.7 Å². The normalized spacial score (nSPS) is 16.9. The highest BCUT2D eigenvalue weighted by atomic mass is 32.1. The zero-order valence-corrected chi connectivity index (χ0v) is 16.8. The van der Waals surface area contributed by atoms with Gasteiger partial charge in [-0.15, -0.1) is 11.3 Å². The van der Waals surface area contributed by atoms with Crippen LogP contribution in [-0.2, 0) is 11.3 Å². The number of amides is 1. The molecule has 3 aromatic rings. The lowest BCUT2D eigenvalue weighted by molar-refractivity contribution is -0.143. The molecular weight excluding hydrogens is 390 g/mol. The number of aliphatic carboxylic acids is 1. The number of hydrogen-bond acceptors (Lipinski definition) is 5. The molecule has 8 heteroatoms. The van der Waals surface area contributed by atoms with Crippen LogP contribution < -0.4 is 5.56 Å². The van der Waals surface area contributed by atoms with Crippen LogP contribution in [0.5, 0.6) is 0 Å². The molecule has 0 spiro atoms. The third-order valence-corrected chi connectivity index (χ3v) is 6.55. The summed E-state index contributed by atoms with van der Waals surface area (Å²) in [6.45, 7) is 2.91. The van der Waals surface area contributed by atoms with E-state index >= 15 is 0 Å². The van der Waals surface area contributed by atoms with Crippen LogP contribution in [-0.4, -0.2) is 44.5 Å². The van der Waals surface area contributed by atoms with Gasteiger partial charge in [0.05, 0.1) is 29.1 Å². The molecular formula is C21H21N3O4S. The fourth-order valence-electron chi connectivity index (χ4n) is 3.76. The van der Waals surface area contributed by atoms with Crippen molar-refractivity contribution in [3.63, 3.8) is 0 Å². The number of piperidine rings is 1. The molecule has 2 aromatic heterocycles. The third-order valence-electron chi connectivity index (χ3n) is 5.37. The Morgan fingerprint density at radius 3 is 2.76 bits per heavy atom.